The second-order valence-electron chi connectivity index (χ2n) is 4.87. The topological polar surface area (TPSA) is 42.4 Å². The Balaban J connectivity index is 2.01. The molecule has 0 N–H and O–H groups in total. The van der Waals surface area contributed by atoms with Gasteiger partial charge in [-0.25, -0.2) is 9.78 Å². The van der Waals surface area contributed by atoms with Crippen molar-refractivity contribution < 1.29 is 9.53 Å². The summed E-state index contributed by atoms with van der Waals surface area (Å²) >= 11 is 1.66. The second kappa shape index (κ2) is 4.05. The van der Waals surface area contributed by atoms with E-state index in [9.17, 15) is 4.79 Å². The molecule has 0 spiro atoms. The molecule has 0 saturated carbocycles. The van der Waals surface area contributed by atoms with E-state index >= 15 is 0 Å². The largest absolute Gasteiger partial charge is 0.444 e. The Bertz CT molecular complexity index is 395. The zero-order valence-electron chi connectivity index (χ0n) is 9.82. The van der Waals surface area contributed by atoms with Crippen LogP contribution < -0.4 is 0 Å². The fourth-order valence-electron chi connectivity index (χ4n) is 1.60. The molecule has 1 amide bonds. The van der Waals surface area contributed by atoms with Crippen molar-refractivity contribution in [3.63, 3.8) is 0 Å². The average Bonchev–Trinajstić information content (AvgIpc) is 2.61. The van der Waals surface area contributed by atoms with Crippen molar-refractivity contribution in [2.24, 2.45) is 0 Å². The number of rotatable bonds is 0. The van der Waals surface area contributed by atoms with Crippen molar-refractivity contribution in [1.82, 2.24) is 9.88 Å². The highest BCUT2D eigenvalue weighted by molar-refractivity contribution is 7.09. The third-order valence-electron chi connectivity index (χ3n) is 2.33. The number of fused-ring (bicyclic) bond motifs is 1. The van der Waals surface area contributed by atoms with Gasteiger partial charge in [0.25, 0.3) is 0 Å². The molecule has 0 aliphatic carbocycles. The van der Waals surface area contributed by atoms with Gasteiger partial charge in [0.15, 0.2) is 0 Å². The van der Waals surface area contributed by atoms with E-state index in [-0.39, 0.29) is 6.09 Å². The standard InChI is InChI=1S/C11H16N2O2S/c1-11(2,3)15-10(14)13-5-4-9-8(6-13)12-7-16-9/h7H,4-6H2,1-3H3. The van der Waals surface area contributed by atoms with Crippen LogP contribution in [0.25, 0.3) is 0 Å². The molecular formula is C11H16N2O2S. The molecule has 88 valence electrons. The SMILES string of the molecule is CC(C)(C)OC(=O)N1CCc2scnc2C1. The first kappa shape index (κ1) is 11.4. The molecule has 0 unspecified atom stereocenters. The van der Waals surface area contributed by atoms with Crippen LogP contribution in [0, 0.1) is 0 Å². The molecule has 16 heavy (non-hydrogen) atoms. The molecule has 1 aromatic heterocycles. The van der Waals surface area contributed by atoms with Crippen LogP contribution in [0.1, 0.15) is 31.3 Å². The summed E-state index contributed by atoms with van der Waals surface area (Å²) in [6.07, 6.45) is 0.644. The lowest BCUT2D eigenvalue weighted by molar-refractivity contribution is 0.0222. The fraction of sp³-hybridized carbons (Fsp3) is 0.636. The average molecular weight is 240 g/mol. The third-order valence-corrected chi connectivity index (χ3v) is 3.26. The second-order valence-corrected chi connectivity index (χ2v) is 5.81. The van der Waals surface area contributed by atoms with Crippen LogP contribution in [0.2, 0.25) is 0 Å². The van der Waals surface area contributed by atoms with Crippen LogP contribution >= 0.6 is 11.3 Å². The van der Waals surface area contributed by atoms with E-state index in [1.165, 1.54) is 4.88 Å². The van der Waals surface area contributed by atoms with Crippen LogP contribution in [0.3, 0.4) is 0 Å². The summed E-state index contributed by atoms with van der Waals surface area (Å²) in [7, 11) is 0. The predicted molar refractivity (Wildman–Crippen MR) is 62.5 cm³/mol. The summed E-state index contributed by atoms with van der Waals surface area (Å²) < 4.78 is 5.33. The summed E-state index contributed by atoms with van der Waals surface area (Å²) in [5, 5.41) is 0. The van der Waals surface area contributed by atoms with Crippen LogP contribution in [-0.4, -0.2) is 28.1 Å². The summed E-state index contributed by atoms with van der Waals surface area (Å²) in [6.45, 7) is 6.94. The lowest BCUT2D eigenvalue weighted by atomic mass is 10.2. The van der Waals surface area contributed by atoms with Gasteiger partial charge in [0, 0.05) is 17.8 Å². The number of hydrogen-bond donors (Lipinski definition) is 0. The molecule has 0 saturated heterocycles. The highest BCUT2D eigenvalue weighted by atomic mass is 32.1. The molecule has 1 aromatic rings. The molecule has 2 rings (SSSR count). The Hall–Kier alpha value is -1.10. The number of hydrogen-bond acceptors (Lipinski definition) is 4. The molecular weight excluding hydrogens is 224 g/mol. The van der Waals surface area contributed by atoms with Gasteiger partial charge in [-0.15, -0.1) is 11.3 Å². The van der Waals surface area contributed by atoms with Crippen LogP contribution in [0.5, 0.6) is 0 Å². The van der Waals surface area contributed by atoms with Crippen LogP contribution in [-0.2, 0) is 17.7 Å². The van der Waals surface area contributed by atoms with Gasteiger partial charge in [-0.3, -0.25) is 0 Å². The molecule has 1 aliphatic rings. The molecule has 0 radical (unpaired) electrons. The quantitative estimate of drug-likeness (QED) is 0.699. The molecule has 0 atom stereocenters. The first-order valence-electron chi connectivity index (χ1n) is 5.35. The Labute approximate surface area is 99.2 Å². The van der Waals surface area contributed by atoms with E-state index in [0.717, 1.165) is 18.7 Å². The number of carbonyl (C=O) groups is 1. The van der Waals surface area contributed by atoms with Crippen molar-refractivity contribution in [2.45, 2.75) is 39.3 Å². The van der Waals surface area contributed by atoms with Crippen molar-refractivity contribution in [3.05, 3.63) is 16.1 Å². The van der Waals surface area contributed by atoms with Gasteiger partial charge >= 0.3 is 6.09 Å². The van der Waals surface area contributed by atoms with E-state index in [0.29, 0.717) is 6.54 Å². The molecule has 0 fully saturated rings. The maximum absolute atomic E-state index is 11.8. The highest BCUT2D eigenvalue weighted by Crippen LogP contribution is 2.22. The summed E-state index contributed by atoms with van der Waals surface area (Å²) in [4.78, 5) is 19.1. The minimum Gasteiger partial charge on any atom is -0.444 e. The number of aromatic nitrogens is 1. The minimum absolute atomic E-state index is 0.244. The van der Waals surface area contributed by atoms with E-state index in [4.69, 9.17) is 4.74 Å². The molecule has 1 aliphatic heterocycles. The van der Waals surface area contributed by atoms with E-state index in [2.05, 4.69) is 4.98 Å². The van der Waals surface area contributed by atoms with Gasteiger partial charge in [-0.1, -0.05) is 0 Å². The van der Waals surface area contributed by atoms with Gasteiger partial charge in [0.05, 0.1) is 17.7 Å². The first-order valence-corrected chi connectivity index (χ1v) is 6.23. The smallest absolute Gasteiger partial charge is 0.410 e. The Morgan fingerprint density at radius 1 is 1.56 bits per heavy atom. The van der Waals surface area contributed by atoms with E-state index in [1.54, 1.807) is 16.2 Å². The summed E-state index contributed by atoms with van der Waals surface area (Å²) in [6, 6.07) is 0. The van der Waals surface area contributed by atoms with E-state index in [1.807, 2.05) is 26.3 Å². The maximum Gasteiger partial charge on any atom is 0.410 e. The normalized spacial score (nSPS) is 15.8. The van der Waals surface area contributed by atoms with Crippen molar-refractivity contribution in [3.8, 4) is 0 Å². The van der Waals surface area contributed by atoms with Crippen molar-refractivity contribution in [2.75, 3.05) is 6.54 Å². The van der Waals surface area contributed by atoms with Gasteiger partial charge in [-0.2, -0.15) is 0 Å². The summed E-state index contributed by atoms with van der Waals surface area (Å²) in [5.74, 6) is 0. The molecule has 0 aromatic carbocycles. The van der Waals surface area contributed by atoms with E-state index < -0.39 is 5.60 Å². The zero-order valence-corrected chi connectivity index (χ0v) is 10.6. The number of nitrogens with zero attached hydrogens (tertiary/aromatic N) is 2. The number of carbonyl (C=O) groups excluding carboxylic acids is 1. The van der Waals surface area contributed by atoms with Crippen LogP contribution in [0.4, 0.5) is 4.79 Å². The Morgan fingerprint density at radius 2 is 2.31 bits per heavy atom. The Morgan fingerprint density at radius 3 is 3.00 bits per heavy atom. The van der Waals surface area contributed by atoms with Gasteiger partial charge in [0.1, 0.15) is 5.60 Å². The first-order chi connectivity index (χ1) is 7.46. The van der Waals surface area contributed by atoms with Gasteiger partial charge < -0.3 is 9.64 Å². The number of thiazole rings is 1. The monoisotopic (exact) mass is 240 g/mol. The van der Waals surface area contributed by atoms with Crippen LogP contribution in [0.15, 0.2) is 5.51 Å². The molecule has 4 nitrogen and oxygen atoms in total. The van der Waals surface area contributed by atoms with Gasteiger partial charge in [0.2, 0.25) is 0 Å². The lowest BCUT2D eigenvalue weighted by Crippen LogP contribution is -2.39. The molecule has 0 bridgehead atoms. The number of ether oxygens (including phenoxy) is 1. The minimum atomic E-state index is -0.431. The highest BCUT2D eigenvalue weighted by Gasteiger charge is 2.26. The van der Waals surface area contributed by atoms with Crippen molar-refractivity contribution in [1.29, 1.82) is 0 Å². The number of amides is 1. The Kier molecular flexibility index (Phi) is 2.88. The van der Waals surface area contributed by atoms with Gasteiger partial charge in [-0.05, 0) is 20.8 Å². The lowest BCUT2D eigenvalue weighted by Gasteiger charge is -2.29. The predicted octanol–water partition coefficient (Wildman–Crippen LogP) is 2.44. The molecule has 2 heterocycles. The summed E-state index contributed by atoms with van der Waals surface area (Å²) in [5.41, 5.74) is 2.42. The zero-order chi connectivity index (χ0) is 11.8. The van der Waals surface area contributed by atoms with Crippen molar-refractivity contribution >= 4 is 17.4 Å². The maximum atomic E-state index is 11.8. The fourth-order valence-corrected chi connectivity index (χ4v) is 2.37. The third kappa shape index (κ3) is 2.52. The molecule has 5 heteroatoms.